The van der Waals surface area contributed by atoms with E-state index in [1.165, 1.54) is 5.56 Å². The average molecular weight is 573 g/mol. The molecule has 0 aliphatic carbocycles. The second-order valence-electron chi connectivity index (χ2n) is 8.40. The molecule has 4 aromatic rings. The zero-order valence-corrected chi connectivity index (χ0v) is 22.1. The maximum atomic E-state index is 10.8. The number of aliphatic imine (C=N–C) groups is 1. The highest BCUT2D eigenvalue weighted by Crippen LogP contribution is 2.18. The molecule has 3 N–H and O–H groups in total. The van der Waals surface area contributed by atoms with Crippen molar-refractivity contribution in [3.63, 3.8) is 0 Å². The Morgan fingerprint density at radius 1 is 1.09 bits per heavy atom. The van der Waals surface area contributed by atoms with Crippen molar-refractivity contribution in [3.8, 4) is 0 Å². The van der Waals surface area contributed by atoms with Crippen LogP contribution in [0.5, 0.6) is 0 Å². The fraction of sp³-hybridized carbons (Fsp3) is 0.320. The van der Waals surface area contributed by atoms with E-state index >= 15 is 0 Å². The average Bonchev–Trinajstić information content (AvgIpc) is 3.44. The molecule has 0 saturated carbocycles. The first-order chi connectivity index (χ1) is 15.9. The van der Waals surface area contributed by atoms with Gasteiger partial charge in [-0.1, -0.05) is 36.4 Å². The number of aliphatic hydroxyl groups is 1. The molecular formula is C25H32IN7O. The fourth-order valence-electron chi connectivity index (χ4n) is 3.65. The predicted octanol–water partition coefficient (Wildman–Crippen LogP) is 3.40. The van der Waals surface area contributed by atoms with Gasteiger partial charge in [-0.3, -0.25) is 4.68 Å². The summed E-state index contributed by atoms with van der Waals surface area (Å²) in [5.74, 6) is 0.663. The Kier molecular flexibility index (Phi) is 8.67. The third-order valence-electron chi connectivity index (χ3n) is 5.59. The molecule has 34 heavy (non-hydrogen) atoms. The van der Waals surface area contributed by atoms with E-state index in [0.29, 0.717) is 19.0 Å². The third-order valence-corrected chi connectivity index (χ3v) is 5.59. The van der Waals surface area contributed by atoms with Gasteiger partial charge in [-0.2, -0.15) is 5.10 Å². The molecule has 1 unspecified atom stereocenters. The van der Waals surface area contributed by atoms with Crippen LogP contribution >= 0.6 is 24.0 Å². The summed E-state index contributed by atoms with van der Waals surface area (Å²) in [5, 5.41) is 21.4. The molecule has 0 radical (unpaired) electrons. The van der Waals surface area contributed by atoms with Gasteiger partial charge in [-0.25, -0.2) is 9.98 Å². The van der Waals surface area contributed by atoms with E-state index in [1.54, 1.807) is 17.8 Å². The molecule has 0 aliphatic heterocycles. The molecule has 8 nitrogen and oxygen atoms in total. The number of hydrogen-bond donors (Lipinski definition) is 3. The van der Waals surface area contributed by atoms with Crippen LogP contribution in [0.1, 0.15) is 30.5 Å². The van der Waals surface area contributed by atoms with Gasteiger partial charge in [0.05, 0.1) is 36.6 Å². The van der Waals surface area contributed by atoms with Gasteiger partial charge in [0.15, 0.2) is 5.96 Å². The summed E-state index contributed by atoms with van der Waals surface area (Å²) in [6.45, 7) is 6.16. The molecule has 180 valence electrons. The number of fused-ring (bicyclic) bond motifs is 1. The van der Waals surface area contributed by atoms with E-state index in [-0.39, 0.29) is 24.0 Å². The fourth-order valence-corrected chi connectivity index (χ4v) is 3.65. The summed E-state index contributed by atoms with van der Waals surface area (Å²) < 4.78 is 3.84. The Labute approximate surface area is 217 Å². The number of guanidine groups is 1. The normalized spacial score (nSPS) is 13.4. The van der Waals surface area contributed by atoms with Gasteiger partial charge in [0.1, 0.15) is 5.60 Å². The number of nitrogens with one attached hydrogen (secondary N) is 2. The number of imidazole rings is 1. The molecular weight excluding hydrogens is 541 g/mol. The molecule has 0 saturated heterocycles. The molecule has 0 amide bonds. The minimum absolute atomic E-state index is 0. The van der Waals surface area contributed by atoms with Gasteiger partial charge in [0.2, 0.25) is 0 Å². The van der Waals surface area contributed by atoms with Crippen LogP contribution in [0.25, 0.3) is 11.0 Å². The summed E-state index contributed by atoms with van der Waals surface area (Å²) in [7, 11) is 1.83. The van der Waals surface area contributed by atoms with Crippen molar-refractivity contribution in [3.05, 3.63) is 83.9 Å². The van der Waals surface area contributed by atoms with Gasteiger partial charge < -0.3 is 20.3 Å². The van der Waals surface area contributed by atoms with Gasteiger partial charge >= 0.3 is 0 Å². The first-order valence-electron chi connectivity index (χ1n) is 11.2. The maximum absolute atomic E-state index is 10.8. The number of aryl methyl sites for hydroxylation is 1. The highest BCUT2D eigenvalue weighted by molar-refractivity contribution is 14.0. The zero-order valence-electron chi connectivity index (χ0n) is 19.8. The number of hydrogen-bond acceptors (Lipinski definition) is 4. The Hall–Kier alpha value is -2.92. The van der Waals surface area contributed by atoms with Crippen molar-refractivity contribution >= 4 is 41.0 Å². The Bertz CT molecular complexity index is 1230. The molecule has 9 heteroatoms. The number of halogens is 1. The summed E-state index contributed by atoms with van der Waals surface area (Å²) >= 11 is 0. The van der Waals surface area contributed by atoms with E-state index in [1.807, 2.05) is 44.7 Å². The smallest absolute Gasteiger partial charge is 0.191 e. The lowest BCUT2D eigenvalue weighted by atomic mass is 10.00. The minimum Gasteiger partial charge on any atom is -0.383 e. The van der Waals surface area contributed by atoms with Crippen LogP contribution in [-0.2, 0) is 25.7 Å². The van der Waals surface area contributed by atoms with Crippen LogP contribution in [-0.4, -0.2) is 43.5 Å². The zero-order chi connectivity index (χ0) is 23.3. The second-order valence-corrected chi connectivity index (χ2v) is 8.40. The Balaban J connectivity index is 0.00000324. The van der Waals surface area contributed by atoms with E-state index in [4.69, 9.17) is 0 Å². The quantitative estimate of drug-likeness (QED) is 0.171. The summed E-state index contributed by atoms with van der Waals surface area (Å²) in [6.07, 6.45) is 5.39. The van der Waals surface area contributed by atoms with Crippen molar-refractivity contribution in [2.45, 2.75) is 32.5 Å². The van der Waals surface area contributed by atoms with E-state index in [9.17, 15) is 5.11 Å². The van der Waals surface area contributed by atoms with Crippen molar-refractivity contribution in [1.29, 1.82) is 0 Å². The van der Waals surface area contributed by atoms with Gasteiger partial charge in [0.25, 0.3) is 0 Å². The van der Waals surface area contributed by atoms with Crippen LogP contribution in [0, 0.1) is 0 Å². The monoisotopic (exact) mass is 573 g/mol. The number of aromatic nitrogens is 4. The van der Waals surface area contributed by atoms with Crippen molar-refractivity contribution < 1.29 is 5.11 Å². The van der Waals surface area contributed by atoms with E-state index in [2.05, 4.69) is 60.6 Å². The maximum Gasteiger partial charge on any atom is 0.191 e. The van der Waals surface area contributed by atoms with Crippen LogP contribution in [0.2, 0.25) is 0 Å². The highest BCUT2D eigenvalue weighted by Gasteiger charge is 2.25. The summed E-state index contributed by atoms with van der Waals surface area (Å²) in [4.78, 5) is 9.14. The van der Waals surface area contributed by atoms with E-state index < -0.39 is 5.60 Å². The largest absolute Gasteiger partial charge is 0.383 e. The lowest BCUT2D eigenvalue weighted by Crippen LogP contribution is -2.44. The number of rotatable bonds is 8. The summed E-state index contributed by atoms with van der Waals surface area (Å²) in [6, 6.07) is 16.6. The topological polar surface area (TPSA) is 92.3 Å². The number of para-hydroxylation sites is 2. The molecule has 0 spiro atoms. The van der Waals surface area contributed by atoms with E-state index in [0.717, 1.165) is 35.2 Å². The number of benzene rings is 2. The van der Waals surface area contributed by atoms with Crippen LogP contribution in [0.4, 0.5) is 0 Å². The number of nitrogens with zero attached hydrogens (tertiary/aromatic N) is 5. The summed E-state index contributed by atoms with van der Waals surface area (Å²) in [5.41, 5.74) is 4.18. The van der Waals surface area contributed by atoms with Crippen LogP contribution in [0.15, 0.2) is 72.2 Å². The lowest BCUT2D eigenvalue weighted by molar-refractivity contribution is 0.0616. The van der Waals surface area contributed by atoms with Crippen molar-refractivity contribution in [2.24, 2.45) is 12.0 Å². The third kappa shape index (κ3) is 6.35. The Morgan fingerprint density at radius 2 is 1.82 bits per heavy atom. The van der Waals surface area contributed by atoms with Crippen LogP contribution < -0.4 is 10.6 Å². The predicted molar refractivity (Wildman–Crippen MR) is 146 cm³/mol. The minimum atomic E-state index is -1.05. The Morgan fingerprint density at radius 3 is 2.53 bits per heavy atom. The standard InChI is InChI=1S/C25H31N7O.HI/c1-4-26-24(28-17-25(2,33)21-14-30-31(3)16-21)27-13-19-9-11-20(12-10-19)15-32-18-29-22-7-5-6-8-23(22)32;/h5-12,14,16,18,33H,4,13,15,17H2,1-3H3,(H2,26,27,28);1H. The van der Waals surface area contributed by atoms with Crippen molar-refractivity contribution in [1.82, 2.24) is 30.0 Å². The SMILES string of the molecule is CCNC(=NCc1ccc(Cn2cnc3ccccc32)cc1)NCC(C)(O)c1cnn(C)c1.I. The molecule has 1 atom stereocenters. The lowest BCUT2D eigenvalue weighted by Gasteiger charge is -2.23. The molecule has 0 aliphatic rings. The highest BCUT2D eigenvalue weighted by atomic mass is 127. The molecule has 2 heterocycles. The van der Waals surface area contributed by atoms with Gasteiger partial charge in [-0.15, -0.1) is 24.0 Å². The van der Waals surface area contributed by atoms with Crippen molar-refractivity contribution in [2.75, 3.05) is 13.1 Å². The molecule has 0 fully saturated rings. The first kappa shape index (κ1) is 25.7. The molecule has 0 bridgehead atoms. The second kappa shape index (κ2) is 11.5. The molecule has 2 aromatic carbocycles. The van der Waals surface area contributed by atoms with Gasteiger partial charge in [-0.05, 0) is 37.1 Å². The first-order valence-corrected chi connectivity index (χ1v) is 11.2. The van der Waals surface area contributed by atoms with Crippen LogP contribution in [0.3, 0.4) is 0 Å². The van der Waals surface area contributed by atoms with Gasteiger partial charge in [0, 0.05) is 31.9 Å². The molecule has 2 aromatic heterocycles. The molecule has 4 rings (SSSR count).